The van der Waals surface area contributed by atoms with Crippen molar-refractivity contribution in [1.82, 2.24) is 0 Å². The third-order valence-electron chi connectivity index (χ3n) is 4.96. The van der Waals surface area contributed by atoms with Crippen molar-refractivity contribution in [2.24, 2.45) is 0 Å². The van der Waals surface area contributed by atoms with E-state index in [1.54, 1.807) is 11.3 Å². The Bertz CT molecular complexity index is 1100. The number of rotatable bonds is 8. The third-order valence-corrected chi connectivity index (χ3v) is 6.27. The standard InChI is InChI=1S/C23H25NO4S/c1-15-13-14-17(24-19(25)11-5-3-4-6-12-20(26)28-2)21-22(27)16-9-7-8-10-18(16)29-23(15)21/h7-10,13-14H,3-6,11-12H2,1-2H3,(H,24,25). The Balaban J connectivity index is 1.69. The number of anilines is 1. The molecule has 5 nitrogen and oxygen atoms in total. The average molecular weight is 412 g/mol. The molecule has 0 fully saturated rings. The Morgan fingerprint density at radius 1 is 1.00 bits per heavy atom. The number of amides is 1. The Kier molecular flexibility index (Phi) is 6.99. The summed E-state index contributed by atoms with van der Waals surface area (Å²) in [5.74, 6) is -0.295. The molecule has 1 N–H and O–H groups in total. The molecule has 0 saturated carbocycles. The zero-order valence-electron chi connectivity index (χ0n) is 16.7. The van der Waals surface area contributed by atoms with Crippen LogP contribution in [-0.2, 0) is 14.3 Å². The zero-order valence-corrected chi connectivity index (χ0v) is 17.6. The highest BCUT2D eigenvalue weighted by Crippen LogP contribution is 2.31. The van der Waals surface area contributed by atoms with Gasteiger partial charge in [-0.2, -0.15) is 0 Å². The number of carbonyl (C=O) groups is 2. The summed E-state index contributed by atoms with van der Waals surface area (Å²) in [6, 6.07) is 11.3. The summed E-state index contributed by atoms with van der Waals surface area (Å²) in [4.78, 5) is 36.6. The second kappa shape index (κ2) is 9.65. The van der Waals surface area contributed by atoms with Crippen molar-refractivity contribution < 1.29 is 14.3 Å². The van der Waals surface area contributed by atoms with Crippen molar-refractivity contribution in [3.8, 4) is 0 Å². The molecule has 0 unspecified atom stereocenters. The number of nitrogens with one attached hydrogen (secondary N) is 1. The Labute approximate surface area is 173 Å². The first kappa shape index (κ1) is 21.0. The second-order valence-electron chi connectivity index (χ2n) is 7.10. The average Bonchev–Trinajstić information content (AvgIpc) is 2.72. The minimum absolute atomic E-state index is 0.0452. The second-order valence-corrected chi connectivity index (χ2v) is 8.15. The molecule has 3 rings (SSSR count). The van der Waals surface area contributed by atoms with Gasteiger partial charge in [-0.15, -0.1) is 11.3 Å². The van der Waals surface area contributed by atoms with Crippen LogP contribution in [0, 0.1) is 6.92 Å². The number of hydrogen-bond acceptors (Lipinski definition) is 5. The van der Waals surface area contributed by atoms with Crippen LogP contribution in [0.5, 0.6) is 0 Å². The van der Waals surface area contributed by atoms with Crippen LogP contribution < -0.4 is 10.7 Å². The molecule has 1 aromatic heterocycles. The van der Waals surface area contributed by atoms with Gasteiger partial charge in [0.05, 0.1) is 18.2 Å². The highest BCUT2D eigenvalue weighted by Gasteiger charge is 2.13. The van der Waals surface area contributed by atoms with Crippen LogP contribution in [0.1, 0.15) is 44.1 Å². The molecule has 1 heterocycles. The van der Waals surface area contributed by atoms with E-state index in [-0.39, 0.29) is 17.3 Å². The molecular weight excluding hydrogens is 386 g/mol. The fourth-order valence-electron chi connectivity index (χ4n) is 3.36. The van der Waals surface area contributed by atoms with E-state index < -0.39 is 0 Å². The first-order valence-electron chi connectivity index (χ1n) is 9.83. The molecule has 0 aliphatic heterocycles. The van der Waals surface area contributed by atoms with E-state index in [4.69, 9.17) is 0 Å². The largest absolute Gasteiger partial charge is 0.469 e. The molecule has 152 valence electrons. The van der Waals surface area contributed by atoms with E-state index >= 15 is 0 Å². The maximum absolute atomic E-state index is 13.1. The lowest BCUT2D eigenvalue weighted by Crippen LogP contribution is -2.14. The summed E-state index contributed by atoms with van der Waals surface area (Å²) >= 11 is 1.58. The number of hydrogen-bond donors (Lipinski definition) is 1. The van der Waals surface area contributed by atoms with E-state index in [0.29, 0.717) is 29.3 Å². The molecule has 0 spiro atoms. The number of unbranched alkanes of at least 4 members (excludes halogenated alkanes) is 3. The number of carbonyl (C=O) groups excluding carboxylic acids is 2. The third kappa shape index (κ3) is 5.01. The van der Waals surface area contributed by atoms with Crippen molar-refractivity contribution >= 4 is 49.1 Å². The van der Waals surface area contributed by atoms with Gasteiger partial charge in [-0.1, -0.05) is 31.0 Å². The van der Waals surface area contributed by atoms with Gasteiger partial charge in [-0.3, -0.25) is 14.4 Å². The van der Waals surface area contributed by atoms with Gasteiger partial charge in [-0.05, 0) is 43.5 Å². The van der Waals surface area contributed by atoms with Gasteiger partial charge in [-0.25, -0.2) is 0 Å². The van der Waals surface area contributed by atoms with Gasteiger partial charge in [0.1, 0.15) is 0 Å². The van der Waals surface area contributed by atoms with Crippen LogP contribution in [0.3, 0.4) is 0 Å². The maximum Gasteiger partial charge on any atom is 0.305 e. The predicted octanol–water partition coefficient (Wildman–Crippen LogP) is 5.18. The predicted molar refractivity (Wildman–Crippen MR) is 119 cm³/mol. The molecule has 3 aromatic rings. The molecule has 0 saturated heterocycles. The quantitative estimate of drug-likeness (QED) is 0.315. The first-order valence-corrected chi connectivity index (χ1v) is 10.6. The summed E-state index contributed by atoms with van der Waals surface area (Å²) < 4.78 is 6.47. The molecule has 1 amide bonds. The molecule has 29 heavy (non-hydrogen) atoms. The fraction of sp³-hybridized carbons (Fsp3) is 0.348. The Morgan fingerprint density at radius 2 is 1.72 bits per heavy atom. The van der Waals surface area contributed by atoms with Crippen molar-refractivity contribution in [1.29, 1.82) is 0 Å². The van der Waals surface area contributed by atoms with E-state index in [1.165, 1.54) is 7.11 Å². The monoisotopic (exact) mass is 411 g/mol. The highest BCUT2D eigenvalue weighted by molar-refractivity contribution is 7.24. The van der Waals surface area contributed by atoms with Crippen LogP contribution in [-0.4, -0.2) is 19.0 Å². The van der Waals surface area contributed by atoms with Gasteiger partial charge in [0.2, 0.25) is 5.91 Å². The summed E-state index contributed by atoms with van der Waals surface area (Å²) in [6.45, 7) is 1.98. The molecular formula is C23H25NO4S. The number of esters is 1. The molecule has 6 heteroatoms. The minimum atomic E-state index is -0.198. The van der Waals surface area contributed by atoms with Crippen molar-refractivity contribution in [3.05, 3.63) is 52.2 Å². The van der Waals surface area contributed by atoms with Gasteiger partial charge in [0.15, 0.2) is 5.43 Å². The van der Waals surface area contributed by atoms with Crippen molar-refractivity contribution in [3.63, 3.8) is 0 Å². The van der Waals surface area contributed by atoms with E-state index in [2.05, 4.69) is 10.1 Å². The molecule has 0 bridgehead atoms. The maximum atomic E-state index is 13.1. The van der Waals surface area contributed by atoms with Crippen molar-refractivity contribution in [2.45, 2.75) is 45.4 Å². The summed E-state index contributed by atoms with van der Waals surface area (Å²) in [7, 11) is 1.39. The zero-order chi connectivity index (χ0) is 20.8. The van der Waals surface area contributed by atoms with Gasteiger partial charge >= 0.3 is 5.97 Å². The lowest BCUT2D eigenvalue weighted by molar-refractivity contribution is -0.140. The number of ether oxygens (including phenoxy) is 1. The summed E-state index contributed by atoms with van der Waals surface area (Å²) in [6.07, 6.45) is 4.07. The molecule has 2 aromatic carbocycles. The smallest absolute Gasteiger partial charge is 0.305 e. The highest BCUT2D eigenvalue weighted by atomic mass is 32.1. The van der Waals surface area contributed by atoms with Crippen LogP contribution in [0.2, 0.25) is 0 Å². The number of methoxy groups -OCH3 is 1. The van der Waals surface area contributed by atoms with Gasteiger partial charge in [0, 0.05) is 27.6 Å². The Hall–Kier alpha value is -2.73. The van der Waals surface area contributed by atoms with Gasteiger partial charge < -0.3 is 10.1 Å². The number of benzene rings is 2. The molecule has 0 aliphatic carbocycles. The van der Waals surface area contributed by atoms with E-state index in [0.717, 1.165) is 40.6 Å². The normalized spacial score (nSPS) is 11.0. The molecule has 0 radical (unpaired) electrons. The lowest BCUT2D eigenvalue weighted by Gasteiger charge is -2.11. The molecule has 0 atom stereocenters. The molecule has 0 aliphatic rings. The van der Waals surface area contributed by atoms with Crippen LogP contribution in [0.4, 0.5) is 5.69 Å². The fourth-order valence-corrected chi connectivity index (χ4v) is 4.53. The Morgan fingerprint density at radius 3 is 2.48 bits per heavy atom. The van der Waals surface area contributed by atoms with Crippen LogP contribution in [0.25, 0.3) is 20.2 Å². The number of aryl methyl sites for hydroxylation is 1. The van der Waals surface area contributed by atoms with Crippen LogP contribution in [0.15, 0.2) is 41.2 Å². The summed E-state index contributed by atoms with van der Waals surface area (Å²) in [5, 5.41) is 4.19. The van der Waals surface area contributed by atoms with E-state index in [1.807, 2.05) is 43.3 Å². The van der Waals surface area contributed by atoms with E-state index in [9.17, 15) is 14.4 Å². The van der Waals surface area contributed by atoms with Crippen LogP contribution >= 0.6 is 11.3 Å². The van der Waals surface area contributed by atoms with Crippen molar-refractivity contribution in [2.75, 3.05) is 12.4 Å². The summed E-state index contributed by atoms with van der Waals surface area (Å²) in [5.41, 5.74) is 1.56. The van der Waals surface area contributed by atoms with Gasteiger partial charge in [0.25, 0.3) is 0 Å². The lowest BCUT2D eigenvalue weighted by atomic mass is 10.1. The topological polar surface area (TPSA) is 72.5 Å². The minimum Gasteiger partial charge on any atom is -0.469 e. The number of fused-ring (bicyclic) bond motifs is 2. The SMILES string of the molecule is COC(=O)CCCCCCC(=O)Nc1ccc(C)c2sc3ccccc3c(=O)c12. The first-order chi connectivity index (χ1) is 14.0.